The Balaban J connectivity index is 1.69. The molecule has 1 unspecified atom stereocenters. The Bertz CT molecular complexity index is 255. The molecule has 1 saturated carbocycles. The molecular weight excluding hydrogens is 232 g/mol. The van der Waals surface area contributed by atoms with Crippen LogP contribution in [-0.4, -0.2) is 30.1 Å². The fourth-order valence-corrected chi connectivity index (χ4v) is 2.85. The van der Waals surface area contributed by atoms with E-state index < -0.39 is 18.4 Å². The molecule has 0 aromatic heterocycles. The van der Waals surface area contributed by atoms with Crippen molar-refractivity contribution in [3.8, 4) is 0 Å². The van der Waals surface area contributed by atoms with Crippen molar-refractivity contribution in [1.29, 1.82) is 0 Å². The number of ether oxygens (including phenoxy) is 2. The van der Waals surface area contributed by atoms with Crippen LogP contribution in [0.25, 0.3) is 0 Å². The van der Waals surface area contributed by atoms with Gasteiger partial charge in [-0.05, 0) is 25.2 Å². The highest BCUT2D eigenvalue weighted by atomic mass is 16.7. The van der Waals surface area contributed by atoms with Crippen molar-refractivity contribution >= 4 is 5.97 Å². The molecule has 2 atom stereocenters. The standard InChI is InChI=1S/C14H24O4/c15-12(10-11-6-2-1-3-7-11)14(16)18-13-8-4-5-9-17-13/h11-13,15H,1-10H2/t12-,13?/m1/s1. The van der Waals surface area contributed by atoms with Crippen molar-refractivity contribution in [2.45, 2.75) is 70.2 Å². The highest BCUT2D eigenvalue weighted by Crippen LogP contribution is 2.27. The zero-order valence-electron chi connectivity index (χ0n) is 11.0. The minimum absolute atomic E-state index is 0.438. The molecule has 1 aliphatic heterocycles. The first-order chi connectivity index (χ1) is 8.75. The predicted molar refractivity (Wildman–Crippen MR) is 66.9 cm³/mol. The number of aliphatic hydroxyl groups excluding tert-OH is 1. The molecule has 0 amide bonds. The Morgan fingerprint density at radius 3 is 2.56 bits per heavy atom. The first kappa shape index (κ1) is 13.8. The number of hydrogen-bond acceptors (Lipinski definition) is 4. The summed E-state index contributed by atoms with van der Waals surface area (Å²) in [6, 6.07) is 0. The fourth-order valence-electron chi connectivity index (χ4n) is 2.85. The SMILES string of the molecule is O=C(OC1CCCCO1)[C@H](O)CC1CCCCC1. The molecule has 1 saturated heterocycles. The maximum absolute atomic E-state index is 11.7. The van der Waals surface area contributed by atoms with Crippen molar-refractivity contribution in [2.24, 2.45) is 5.92 Å². The molecule has 2 rings (SSSR count). The molecule has 2 fully saturated rings. The molecule has 0 aromatic carbocycles. The Morgan fingerprint density at radius 1 is 1.17 bits per heavy atom. The van der Waals surface area contributed by atoms with Crippen molar-refractivity contribution in [3.05, 3.63) is 0 Å². The first-order valence-electron chi connectivity index (χ1n) is 7.26. The number of carbonyl (C=O) groups excluding carboxylic acids is 1. The summed E-state index contributed by atoms with van der Waals surface area (Å²) in [4.78, 5) is 11.7. The molecule has 1 heterocycles. The summed E-state index contributed by atoms with van der Waals surface area (Å²) in [5, 5.41) is 9.87. The molecule has 0 aromatic rings. The maximum atomic E-state index is 11.7. The number of esters is 1. The third-order valence-corrected chi connectivity index (χ3v) is 3.94. The van der Waals surface area contributed by atoms with Gasteiger partial charge >= 0.3 is 5.97 Å². The normalized spacial score (nSPS) is 27.7. The van der Waals surface area contributed by atoms with Crippen molar-refractivity contribution < 1.29 is 19.4 Å². The van der Waals surface area contributed by atoms with Crippen LogP contribution in [0.2, 0.25) is 0 Å². The van der Waals surface area contributed by atoms with Crippen LogP contribution in [0.1, 0.15) is 57.8 Å². The lowest BCUT2D eigenvalue weighted by molar-refractivity contribution is -0.195. The molecule has 0 spiro atoms. The molecule has 4 heteroatoms. The van der Waals surface area contributed by atoms with Crippen molar-refractivity contribution in [3.63, 3.8) is 0 Å². The summed E-state index contributed by atoms with van der Waals surface area (Å²) in [7, 11) is 0. The molecule has 1 aliphatic carbocycles. The van der Waals surface area contributed by atoms with Gasteiger partial charge in [-0.25, -0.2) is 4.79 Å². The Morgan fingerprint density at radius 2 is 1.89 bits per heavy atom. The van der Waals surface area contributed by atoms with Gasteiger partial charge in [0.1, 0.15) is 0 Å². The minimum Gasteiger partial charge on any atom is -0.434 e. The van der Waals surface area contributed by atoms with E-state index in [1.165, 1.54) is 19.3 Å². The molecule has 18 heavy (non-hydrogen) atoms. The van der Waals surface area contributed by atoms with Crippen LogP contribution in [0.15, 0.2) is 0 Å². The number of rotatable bonds is 4. The topological polar surface area (TPSA) is 55.8 Å². The van der Waals surface area contributed by atoms with E-state index in [1.54, 1.807) is 0 Å². The van der Waals surface area contributed by atoms with Gasteiger partial charge < -0.3 is 14.6 Å². The third kappa shape index (κ3) is 4.25. The second-order valence-electron chi connectivity index (χ2n) is 5.49. The van der Waals surface area contributed by atoms with Crippen LogP contribution in [0.4, 0.5) is 0 Å². The third-order valence-electron chi connectivity index (χ3n) is 3.94. The van der Waals surface area contributed by atoms with Crippen molar-refractivity contribution in [2.75, 3.05) is 6.61 Å². The van der Waals surface area contributed by atoms with E-state index in [0.717, 1.165) is 32.1 Å². The average molecular weight is 256 g/mol. The van der Waals surface area contributed by atoms with E-state index in [9.17, 15) is 9.90 Å². The summed E-state index contributed by atoms with van der Waals surface area (Å²) in [5.74, 6) is -0.0268. The van der Waals surface area contributed by atoms with Gasteiger partial charge in [0.2, 0.25) is 6.29 Å². The fraction of sp³-hybridized carbons (Fsp3) is 0.929. The lowest BCUT2D eigenvalue weighted by Crippen LogP contribution is -2.32. The van der Waals surface area contributed by atoms with E-state index in [2.05, 4.69) is 0 Å². The smallest absolute Gasteiger partial charge is 0.337 e. The van der Waals surface area contributed by atoms with Crippen LogP contribution >= 0.6 is 0 Å². The highest BCUT2D eigenvalue weighted by Gasteiger charge is 2.26. The quantitative estimate of drug-likeness (QED) is 0.785. The number of hydrogen-bond donors (Lipinski definition) is 1. The Kier molecular flexibility index (Phi) is 5.45. The predicted octanol–water partition coefficient (Wildman–Crippen LogP) is 2.39. The van der Waals surface area contributed by atoms with Gasteiger partial charge in [-0.3, -0.25) is 0 Å². The molecule has 4 nitrogen and oxygen atoms in total. The van der Waals surface area contributed by atoms with Gasteiger partial charge in [0, 0.05) is 6.42 Å². The number of aliphatic hydroxyl groups is 1. The molecule has 0 bridgehead atoms. The van der Waals surface area contributed by atoms with Crippen LogP contribution < -0.4 is 0 Å². The number of carbonyl (C=O) groups is 1. The highest BCUT2D eigenvalue weighted by molar-refractivity contribution is 5.74. The van der Waals surface area contributed by atoms with Crippen LogP contribution in [-0.2, 0) is 14.3 Å². The monoisotopic (exact) mass is 256 g/mol. The van der Waals surface area contributed by atoms with Crippen LogP contribution in [0.5, 0.6) is 0 Å². The molecule has 0 radical (unpaired) electrons. The maximum Gasteiger partial charge on any atom is 0.337 e. The van der Waals surface area contributed by atoms with Gasteiger partial charge in [-0.2, -0.15) is 0 Å². The van der Waals surface area contributed by atoms with Crippen LogP contribution in [0, 0.1) is 5.92 Å². The van der Waals surface area contributed by atoms with E-state index in [-0.39, 0.29) is 0 Å². The van der Waals surface area contributed by atoms with Gasteiger partial charge in [0.05, 0.1) is 6.61 Å². The Labute approximate surface area is 109 Å². The van der Waals surface area contributed by atoms with Crippen LogP contribution in [0.3, 0.4) is 0 Å². The summed E-state index contributed by atoms with van der Waals surface area (Å²) >= 11 is 0. The largest absolute Gasteiger partial charge is 0.434 e. The average Bonchev–Trinajstić information content (AvgIpc) is 2.41. The van der Waals surface area contributed by atoms with E-state index in [0.29, 0.717) is 18.9 Å². The van der Waals surface area contributed by atoms with Gasteiger partial charge in [-0.15, -0.1) is 0 Å². The second-order valence-corrected chi connectivity index (χ2v) is 5.49. The van der Waals surface area contributed by atoms with E-state index in [4.69, 9.17) is 9.47 Å². The minimum atomic E-state index is -0.973. The second kappa shape index (κ2) is 7.10. The summed E-state index contributed by atoms with van der Waals surface area (Å²) in [5.41, 5.74) is 0. The molecule has 2 aliphatic rings. The molecule has 1 N–H and O–H groups in total. The first-order valence-corrected chi connectivity index (χ1v) is 7.26. The zero-order valence-corrected chi connectivity index (χ0v) is 11.0. The lowest BCUT2D eigenvalue weighted by atomic mass is 9.85. The zero-order chi connectivity index (χ0) is 12.8. The lowest BCUT2D eigenvalue weighted by Gasteiger charge is -2.26. The van der Waals surface area contributed by atoms with Gasteiger partial charge in [0.15, 0.2) is 6.10 Å². The van der Waals surface area contributed by atoms with Gasteiger partial charge in [0.25, 0.3) is 0 Å². The molecular formula is C14H24O4. The molecule has 104 valence electrons. The van der Waals surface area contributed by atoms with E-state index >= 15 is 0 Å². The Hall–Kier alpha value is -0.610. The van der Waals surface area contributed by atoms with Crippen molar-refractivity contribution in [1.82, 2.24) is 0 Å². The van der Waals surface area contributed by atoms with E-state index in [1.807, 2.05) is 0 Å². The summed E-state index contributed by atoms with van der Waals surface area (Å²) in [6.07, 6.45) is 7.92. The summed E-state index contributed by atoms with van der Waals surface area (Å²) < 4.78 is 10.5. The summed E-state index contributed by atoms with van der Waals surface area (Å²) in [6.45, 7) is 0.649. The van der Waals surface area contributed by atoms with Gasteiger partial charge in [-0.1, -0.05) is 32.1 Å².